The van der Waals surface area contributed by atoms with E-state index in [4.69, 9.17) is 0 Å². The van der Waals surface area contributed by atoms with E-state index in [-0.39, 0.29) is 35.5 Å². The molecule has 1 aliphatic heterocycles. The highest BCUT2D eigenvalue weighted by molar-refractivity contribution is 14.0. The molecule has 1 aliphatic rings. The van der Waals surface area contributed by atoms with Gasteiger partial charge in [0, 0.05) is 39.3 Å². The number of hydrogen-bond acceptors (Lipinski definition) is 4. The minimum absolute atomic E-state index is 0. The molecule has 0 bridgehead atoms. The summed E-state index contributed by atoms with van der Waals surface area (Å²) >= 11 is 0. The van der Waals surface area contributed by atoms with Crippen LogP contribution in [0.15, 0.2) is 4.99 Å². The molecular weight excluding hydrogens is 427 g/mol. The zero-order valence-electron chi connectivity index (χ0n) is 14.7. The third-order valence-corrected chi connectivity index (χ3v) is 5.77. The Morgan fingerprint density at radius 2 is 1.74 bits per heavy atom. The average molecular weight is 460 g/mol. The molecule has 138 valence electrons. The second kappa shape index (κ2) is 12.3. The quantitative estimate of drug-likeness (QED) is 0.325. The monoisotopic (exact) mass is 460 g/mol. The van der Waals surface area contributed by atoms with Gasteiger partial charge in [-0.1, -0.05) is 26.7 Å². The lowest BCUT2D eigenvalue weighted by molar-refractivity contribution is 0.299. The van der Waals surface area contributed by atoms with Crippen LogP contribution in [0.5, 0.6) is 0 Å². The first kappa shape index (κ1) is 22.9. The summed E-state index contributed by atoms with van der Waals surface area (Å²) in [5.74, 6) is 2.08. The highest BCUT2D eigenvalue weighted by Gasteiger charge is 2.20. The summed E-state index contributed by atoms with van der Waals surface area (Å²) in [5, 5.41) is 6.60. The van der Waals surface area contributed by atoms with E-state index in [9.17, 15) is 8.42 Å². The molecular formula is C15H33IN4O2S. The van der Waals surface area contributed by atoms with Gasteiger partial charge >= 0.3 is 0 Å². The van der Waals surface area contributed by atoms with E-state index < -0.39 is 9.84 Å². The predicted octanol–water partition coefficient (Wildman–Crippen LogP) is 1.33. The maximum absolute atomic E-state index is 11.4. The average Bonchev–Trinajstić information content (AvgIpc) is 2.50. The number of halogens is 1. The fourth-order valence-electron chi connectivity index (χ4n) is 2.42. The molecule has 0 aromatic carbocycles. The van der Waals surface area contributed by atoms with Gasteiger partial charge in [0.2, 0.25) is 0 Å². The van der Waals surface area contributed by atoms with E-state index in [0.29, 0.717) is 19.0 Å². The summed E-state index contributed by atoms with van der Waals surface area (Å²) in [7, 11) is -2.79. The van der Waals surface area contributed by atoms with Crippen molar-refractivity contribution in [1.29, 1.82) is 0 Å². The number of hydrogen-bond donors (Lipinski definition) is 2. The zero-order chi connectivity index (χ0) is 16.4. The van der Waals surface area contributed by atoms with E-state index in [1.807, 2.05) is 0 Å². The van der Waals surface area contributed by atoms with E-state index in [0.717, 1.165) is 45.0 Å². The molecule has 0 spiro atoms. The molecule has 0 radical (unpaired) electrons. The summed E-state index contributed by atoms with van der Waals surface area (Å²) in [6.07, 6.45) is 2.31. The number of aliphatic imine (C=N–C) groups is 1. The molecule has 0 aromatic rings. The zero-order valence-corrected chi connectivity index (χ0v) is 17.8. The Morgan fingerprint density at radius 1 is 1.13 bits per heavy atom. The van der Waals surface area contributed by atoms with Crippen molar-refractivity contribution in [3.63, 3.8) is 0 Å². The van der Waals surface area contributed by atoms with Crippen molar-refractivity contribution in [2.45, 2.75) is 33.6 Å². The lowest BCUT2D eigenvalue weighted by Crippen LogP contribution is -2.46. The van der Waals surface area contributed by atoms with Crippen molar-refractivity contribution in [3.05, 3.63) is 0 Å². The first-order chi connectivity index (χ1) is 10.5. The van der Waals surface area contributed by atoms with Crippen molar-refractivity contribution in [1.82, 2.24) is 15.5 Å². The van der Waals surface area contributed by atoms with Crippen LogP contribution in [0.4, 0.5) is 0 Å². The van der Waals surface area contributed by atoms with Crippen LogP contribution < -0.4 is 10.6 Å². The molecule has 23 heavy (non-hydrogen) atoms. The Labute approximate surface area is 158 Å². The topological polar surface area (TPSA) is 73.8 Å². The maximum Gasteiger partial charge on any atom is 0.191 e. The van der Waals surface area contributed by atoms with Gasteiger partial charge in [0.25, 0.3) is 0 Å². The van der Waals surface area contributed by atoms with Crippen LogP contribution in [0.25, 0.3) is 0 Å². The molecule has 1 heterocycles. The predicted molar refractivity (Wildman–Crippen MR) is 109 cm³/mol. The van der Waals surface area contributed by atoms with Crippen LogP contribution in [0.1, 0.15) is 33.6 Å². The smallest absolute Gasteiger partial charge is 0.191 e. The van der Waals surface area contributed by atoms with Crippen LogP contribution in [0.3, 0.4) is 0 Å². The Balaban J connectivity index is 0.00000484. The standard InChI is InChI=1S/C15H32N4O2S.HI/c1-4-14(5-2)13-18-15(16-6-3)17-7-8-19-9-11-22(20,21)12-10-19;/h14H,4-13H2,1-3H3,(H2,16,17,18);1H. The first-order valence-electron chi connectivity index (χ1n) is 8.45. The minimum atomic E-state index is -2.79. The summed E-state index contributed by atoms with van der Waals surface area (Å²) in [4.78, 5) is 6.83. The van der Waals surface area contributed by atoms with Crippen LogP contribution in [-0.2, 0) is 9.84 Å². The van der Waals surface area contributed by atoms with Crippen LogP contribution in [0.2, 0.25) is 0 Å². The number of nitrogens with zero attached hydrogens (tertiary/aromatic N) is 2. The van der Waals surface area contributed by atoms with Crippen LogP contribution in [0, 0.1) is 5.92 Å². The lowest BCUT2D eigenvalue weighted by Gasteiger charge is -2.26. The number of sulfone groups is 1. The molecule has 1 rings (SSSR count). The largest absolute Gasteiger partial charge is 0.357 e. The normalized spacial score (nSPS) is 18.5. The van der Waals surface area contributed by atoms with Crippen molar-refractivity contribution in [2.24, 2.45) is 10.9 Å². The lowest BCUT2D eigenvalue weighted by atomic mass is 10.0. The second-order valence-electron chi connectivity index (χ2n) is 5.82. The fourth-order valence-corrected chi connectivity index (χ4v) is 3.69. The van der Waals surface area contributed by atoms with Gasteiger partial charge in [-0.2, -0.15) is 0 Å². The van der Waals surface area contributed by atoms with Crippen LogP contribution in [-0.4, -0.2) is 70.1 Å². The number of guanidine groups is 1. The first-order valence-corrected chi connectivity index (χ1v) is 10.3. The van der Waals surface area contributed by atoms with Gasteiger partial charge in [-0.25, -0.2) is 8.42 Å². The van der Waals surface area contributed by atoms with Crippen molar-refractivity contribution in [3.8, 4) is 0 Å². The Morgan fingerprint density at radius 3 is 2.26 bits per heavy atom. The Kier molecular flexibility index (Phi) is 12.2. The van der Waals surface area contributed by atoms with Gasteiger partial charge < -0.3 is 10.6 Å². The summed E-state index contributed by atoms with van der Waals surface area (Å²) in [6.45, 7) is 11.1. The van der Waals surface area contributed by atoms with Gasteiger partial charge in [0.1, 0.15) is 0 Å². The van der Waals surface area contributed by atoms with E-state index in [1.54, 1.807) is 0 Å². The summed E-state index contributed by atoms with van der Waals surface area (Å²) in [5.41, 5.74) is 0. The highest BCUT2D eigenvalue weighted by atomic mass is 127. The molecule has 8 heteroatoms. The molecule has 1 fully saturated rings. The van der Waals surface area contributed by atoms with E-state index >= 15 is 0 Å². The number of rotatable bonds is 8. The highest BCUT2D eigenvalue weighted by Crippen LogP contribution is 2.07. The SMILES string of the molecule is CCNC(=NCC(CC)CC)NCCN1CCS(=O)(=O)CC1.I. The van der Waals surface area contributed by atoms with E-state index in [2.05, 4.69) is 41.3 Å². The van der Waals surface area contributed by atoms with Crippen molar-refractivity contribution < 1.29 is 8.42 Å². The summed E-state index contributed by atoms with van der Waals surface area (Å²) in [6, 6.07) is 0. The number of nitrogens with one attached hydrogen (secondary N) is 2. The van der Waals surface area contributed by atoms with Gasteiger partial charge in [-0.3, -0.25) is 9.89 Å². The molecule has 0 atom stereocenters. The van der Waals surface area contributed by atoms with Gasteiger partial charge in [0.15, 0.2) is 15.8 Å². The molecule has 0 unspecified atom stereocenters. The van der Waals surface area contributed by atoms with E-state index in [1.165, 1.54) is 0 Å². The van der Waals surface area contributed by atoms with Crippen LogP contribution >= 0.6 is 24.0 Å². The van der Waals surface area contributed by atoms with Crippen molar-refractivity contribution >= 4 is 39.8 Å². The Hall–Kier alpha value is -0.0900. The molecule has 0 aliphatic carbocycles. The molecule has 2 N–H and O–H groups in total. The van der Waals surface area contributed by atoms with Gasteiger partial charge in [-0.05, 0) is 12.8 Å². The molecule has 6 nitrogen and oxygen atoms in total. The summed E-state index contributed by atoms with van der Waals surface area (Å²) < 4.78 is 22.8. The molecule has 0 saturated carbocycles. The fraction of sp³-hybridized carbons (Fsp3) is 0.933. The third kappa shape index (κ3) is 9.71. The third-order valence-electron chi connectivity index (χ3n) is 4.16. The molecule has 0 aromatic heterocycles. The molecule has 1 saturated heterocycles. The maximum atomic E-state index is 11.4. The van der Waals surface area contributed by atoms with Gasteiger partial charge in [-0.15, -0.1) is 24.0 Å². The Bertz CT molecular complexity index is 425. The van der Waals surface area contributed by atoms with Gasteiger partial charge in [0.05, 0.1) is 11.5 Å². The van der Waals surface area contributed by atoms with Crippen molar-refractivity contribution in [2.75, 3.05) is 50.8 Å². The second-order valence-corrected chi connectivity index (χ2v) is 8.13. The molecule has 0 amide bonds. The minimum Gasteiger partial charge on any atom is -0.357 e.